The Kier molecular flexibility index (Phi) is 12.0. The van der Waals surface area contributed by atoms with Gasteiger partial charge in [-0.15, -0.1) is 0 Å². The molecule has 0 unspecified atom stereocenters. The first-order valence-corrected chi connectivity index (χ1v) is 31.8. The lowest BCUT2D eigenvalue weighted by Gasteiger charge is -2.35. The number of para-hydroxylation sites is 1. The summed E-state index contributed by atoms with van der Waals surface area (Å²) in [6, 6.07) is 85.7. The highest BCUT2D eigenvalue weighted by Crippen LogP contribution is 2.46. The van der Waals surface area contributed by atoms with Crippen molar-refractivity contribution in [2.45, 2.75) is 105 Å². The third kappa shape index (κ3) is 8.86. The molecule has 0 saturated carbocycles. The first kappa shape index (κ1) is 54.8. The van der Waals surface area contributed by atoms with Crippen LogP contribution < -0.4 is 16.4 Å². The van der Waals surface area contributed by atoms with Crippen molar-refractivity contribution in [3.05, 3.63) is 247 Å². The molecule has 3 aromatic heterocycles. The molecule has 0 atom stereocenters. The van der Waals surface area contributed by atoms with Crippen LogP contribution in [0.25, 0.3) is 133 Å². The monoisotopic (exact) mass is 1150 g/mol. The van der Waals surface area contributed by atoms with Crippen LogP contribution in [0.1, 0.15) is 105 Å². The number of nitrogens with zero attached hydrogens (tertiary/aromatic N) is 4. The van der Waals surface area contributed by atoms with Gasteiger partial charge >= 0.3 is 0 Å². The predicted octanol–water partition coefficient (Wildman–Crippen LogP) is 20.2. The van der Waals surface area contributed by atoms with Crippen molar-refractivity contribution >= 4 is 77.6 Å². The Morgan fingerprint density at radius 2 is 0.663 bits per heavy atom. The van der Waals surface area contributed by atoms with Crippen LogP contribution in [0.5, 0.6) is 0 Å². The van der Waals surface area contributed by atoms with Gasteiger partial charge in [0.25, 0.3) is 6.71 Å². The summed E-state index contributed by atoms with van der Waals surface area (Å²) in [5.41, 5.74) is 30.0. The molecule has 2 aliphatic rings. The number of hydrogen-bond acceptors (Lipinski definition) is 2. The zero-order chi connectivity index (χ0) is 61.2. The van der Waals surface area contributed by atoms with Gasteiger partial charge in [0, 0.05) is 60.5 Å². The standard InChI is InChI=1S/C84H73BN4/c1-81(2,3)60-32-22-50(23-33-60)55-30-40-72-65(42-55)67-44-57(52-26-36-62(37-27-52)83(7,8)9)46-69-78(67)88(72)74-48-59(77-64-20-16-17-21-71(64)86-80(87-77)54-18-14-13-15-19-54)49-75-76(74)85(69)70-47-58(53-28-38-63(39-29-53)84(10,11)12)45-68-66-43-56(31-41-73(66)89(75)79(68)70)51-24-34-61(35-25-51)82(4,5)6/h13-49H,1-12H3. The lowest BCUT2D eigenvalue weighted by Crippen LogP contribution is -2.59. The third-order valence-electron chi connectivity index (χ3n) is 19.6. The molecular weight excluding hydrogens is 1080 g/mol. The van der Waals surface area contributed by atoms with Crippen LogP contribution >= 0.6 is 0 Å². The largest absolute Gasteiger partial charge is 0.310 e. The molecule has 14 aromatic rings. The van der Waals surface area contributed by atoms with Crippen LogP contribution in [0.15, 0.2) is 224 Å². The fraction of sp³-hybridized carbons (Fsp3) is 0.190. The molecule has 0 fully saturated rings. The Morgan fingerprint density at radius 3 is 1.08 bits per heavy atom. The van der Waals surface area contributed by atoms with Gasteiger partial charge in [-0.2, -0.15) is 0 Å². The third-order valence-corrected chi connectivity index (χ3v) is 19.6. The maximum absolute atomic E-state index is 5.63. The molecule has 0 bridgehead atoms. The van der Waals surface area contributed by atoms with Gasteiger partial charge in [0.05, 0.1) is 22.2 Å². The van der Waals surface area contributed by atoms with E-state index in [1.54, 1.807) is 0 Å². The van der Waals surface area contributed by atoms with E-state index in [1.807, 2.05) is 0 Å². The molecule has 5 heteroatoms. The lowest BCUT2D eigenvalue weighted by molar-refractivity contribution is 0.590. The average Bonchev–Trinajstić information content (AvgIpc) is 1.58. The zero-order valence-corrected chi connectivity index (χ0v) is 53.2. The molecule has 0 amide bonds. The second kappa shape index (κ2) is 19.5. The first-order valence-electron chi connectivity index (χ1n) is 31.8. The Labute approximate surface area is 523 Å². The van der Waals surface area contributed by atoms with Crippen molar-refractivity contribution in [1.82, 2.24) is 19.1 Å². The topological polar surface area (TPSA) is 35.6 Å². The fourth-order valence-electron chi connectivity index (χ4n) is 14.6. The second-order valence-electron chi connectivity index (χ2n) is 29.5. The van der Waals surface area contributed by atoms with E-state index in [1.165, 1.54) is 138 Å². The minimum Gasteiger partial charge on any atom is -0.310 e. The molecule has 4 nitrogen and oxygen atoms in total. The summed E-state index contributed by atoms with van der Waals surface area (Å²) in [7, 11) is 0. The molecule has 89 heavy (non-hydrogen) atoms. The van der Waals surface area contributed by atoms with E-state index in [0.29, 0.717) is 5.82 Å². The molecular formula is C84H73BN4. The van der Waals surface area contributed by atoms with Gasteiger partial charge < -0.3 is 9.13 Å². The van der Waals surface area contributed by atoms with Crippen molar-refractivity contribution in [3.63, 3.8) is 0 Å². The second-order valence-corrected chi connectivity index (χ2v) is 29.5. The summed E-state index contributed by atoms with van der Waals surface area (Å²) in [6.07, 6.45) is 0. The van der Waals surface area contributed by atoms with E-state index in [4.69, 9.17) is 9.97 Å². The fourth-order valence-corrected chi connectivity index (χ4v) is 14.6. The van der Waals surface area contributed by atoms with Crippen LogP contribution in [-0.4, -0.2) is 25.8 Å². The van der Waals surface area contributed by atoms with Crippen molar-refractivity contribution in [2.24, 2.45) is 0 Å². The van der Waals surface area contributed by atoms with Gasteiger partial charge in [-0.3, -0.25) is 0 Å². The van der Waals surface area contributed by atoms with Gasteiger partial charge in [-0.1, -0.05) is 253 Å². The number of aromatic nitrogens is 4. The van der Waals surface area contributed by atoms with Gasteiger partial charge in [-0.05, 0) is 159 Å². The SMILES string of the molecule is CC(C)(C)c1ccc(-c2ccc3c(c2)c2cc(-c4ccc(C(C)(C)C)cc4)cc4c2n3-c2cc(-c3nc(-c5ccccc5)nc5ccccc35)cc3c2B4c2cc(-c4ccc(C(C)(C)C)cc4)cc4c5cc(-c6ccc(C(C)(C)C)cc6)ccc5n-3c24)cc1. The highest BCUT2D eigenvalue weighted by molar-refractivity contribution is 7.00. The van der Waals surface area contributed by atoms with Crippen LogP contribution in [0.3, 0.4) is 0 Å². The maximum Gasteiger partial charge on any atom is 0.252 e. The van der Waals surface area contributed by atoms with Crippen molar-refractivity contribution in [3.8, 4) is 78.5 Å². The van der Waals surface area contributed by atoms with E-state index >= 15 is 0 Å². The van der Waals surface area contributed by atoms with E-state index in [9.17, 15) is 0 Å². The zero-order valence-electron chi connectivity index (χ0n) is 53.2. The summed E-state index contributed by atoms with van der Waals surface area (Å²) in [4.78, 5) is 10.9. The molecule has 5 heterocycles. The summed E-state index contributed by atoms with van der Waals surface area (Å²) in [6.45, 7) is 27.4. The molecule has 0 spiro atoms. The van der Waals surface area contributed by atoms with Crippen molar-refractivity contribution in [2.75, 3.05) is 0 Å². The predicted molar refractivity (Wildman–Crippen MR) is 380 cm³/mol. The van der Waals surface area contributed by atoms with E-state index in [0.717, 1.165) is 27.7 Å². The van der Waals surface area contributed by atoms with Crippen LogP contribution in [0.2, 0.25) is 0 Å². The van der Waals surface area contributed by atoms with E-state index < -0.39 is 0 Å². The number of hydrogen-bond donors (Lipinski definition) is 0. The summed E-state index contributed by atoms with van der Waals surface area (Å²) >= 11 is 0. The summed E-state index contributed by atoms with van der Waals surface area (Å²) in [5, 5.41) is 5.97. The Hall–Kier alpha value is -9.58. The Balaban J connectivity index is 1.05. The normalized spacial score (nSPS) is 13.1. The van der Waals surface area contributed by atoms with E-state index in [2.05, 4.69) is 317 Å². The molecule has 0 aliphatic carbocycles. The summed E-state index contributed by atoms with van der Waals surface area (Å²) in [5.74, 6) is 0.707. The summed E-state index contributed by atoms with van der Waals surface area (Å²) < 4.78 is 5.25. The highest BCUT2D eigenvalue weighted by atomic mass is 15.0. The molecule has 2 aliphatic heterocycles. The smallest absolute Gasteiger partial charge is 0.252 e. The number of rotatable bonds is 6. The minimum absolute atomic E-state index is 0.0190. The van der Waals surface area contributed by atoms with Gasteiger partial charge in [0.15, 0.2) is 5.82 Å². The van der Waals surface area contributed by atoms with Crippen molar-refractivity contribution in [1.29, 1.82) is 0 Å². The highest BCUT2D eigenvalue weighted by Gasteiger charge is 2.42. The molecule has 0 radical (unpaired) electrons. The quantitative estimate of drug-likeness (QED) is 0.156. The van der Waals surface area contributed by atoms with Gasteiger partial charge in [0.2, 0.25) is 0 Å². The maximum atomic E-state index is 5.63. The molecule has 11 aromatic carbocycles. The molecule has 16 rings (SSSR count). The van der Waals surface area contributed by atoms with Crippen LogP contribution in [0, 0.1) is 0 Å². The molecule has 432 valence electrons. The Morgan fingerprint density at radius 1 is 0.292 bits per heavy atom. The molecule has 0 saturated heterocycles. The van der Waals surface area contributed by atoms with Crippen molar-refractivity contribution < 1.29 is 0 Å². The van der Waals surface area contributed by atoms with E-state index in [-0.39, 0.29) is 28.4 Å². The molecule has 0 N–H and O–H groups in total. The lowest BCUT2D eigenvalue weighted by atomic mass is 9.34. The first-order chi connectivity index (χ1) is 42.6. The number of fused-ring (bicyclic) bond motifs is 11. The average molecular weight is 1150 g/mol. The minimum atomic E-state index is -0.147. The Bertz CT molecular complexity index is 4960. The van der Waals surface area contributed by atoms with Gasteiger partial charge in [-0.25, -0.2) is 9.97 Å². The number of benzene rings is 11. The van der Waals surface area contributed by atoms with Gasteiger partial charge in [0.1, 0.15) is 0 Å². The van der Waals surface area contributed by atoms with Crippen LogP contribution in [-0.2, 0) is 21.7 Å². The van der Waals surface area contributed by atoms with Crippen LogP contribution in [0.4, 0.5) is 0 Å².